The molecule has 0 aromatic carbocycles. The van der Waals surface area contributed by atoms with Crippen molar-refractivity contribution in [3.63, 3.8) is 0 Å². The van der Waals surface area contributed by atoms with Gasteiger partial charge < -0.3 is 5.32 Å². The third-order valence-electron chi connectivity index (χ3n) is 2.46. The summed E-state index contributed by atoms with van der Waals surface area (Å²) < 4.78 is 2.35. The van der Waals surface area contributed by atoms with Gasteiger partial charge in [0.25, 0.3) is 0 Å². The first-order chi connectivity index (χ1) is 10.1. The molecule has 1 N–H and O–H groups in total. The summed E-state index contributed by atoms with van der Waals surface area (Å²) in [5, 5.41) is 8.10. The molecule has 0 fully saturated rings. The van der Waals surface area contributed by atoms with Crippen LogP contribution in [-0.4, -0.2) is 24.7 Å². The Kier molecular flexibility index (Phi) is 4.05. The van der Waals surface area contributed by atoms with E-state index in [4.69, 9.17) is 23.2 Å². The van der Waals surface area contributed by atoms with Gasteiger partial charge >= 0.3 is 0 Å². The molecule has 0 saturated heterocycles. The van der Waals surface area contributed by atoms with Crippen LogP contribution in [0.25, 0.3) is 5.82 Å². The lowest BCUT2D eigenvalue weighted by molar-refractivity contribution is 0.847. The fraction of sp³-hybridized carbons (Fsp3) is 0. The average molecular weight is 386 g/mol. The number of nitrogens with one attached hydrogen (secondary N) is 1. The summed E-state index contributed by atoms with van der Waals surface area (Å²) in [7, 11) is 0. The fourth-order valence-corrected chi connectivity index (χ4v) is 2.26. The molecule has 0 aliphatic heterocycles. The summed E-state index contributed by atoms with van der Waals surface area (Å²) in [5.74, 6) is 0.957. The number of pyridine rings is 1. The standard InChI is InChI=1S/C12H7BrCl2N6/c13-7-2-17-12(18-3-7)20-9-5-19-21(6-9)11-10(15)1-8(14)4-16-11/h1-6H,(H,17,18,20). The molecule has 3 aromatic heterocycles. The van der Waals surface area contributed by atoms with Crippen LogP contribution in [0.3, 0.4) is 0 Å². The Bertz CT molecular complexity index is 774. The van der Waals surface area contributed by atoms with Crippen LogP contribution in [0.4, 0.5) is 11.6 Å². The summed E-state index contributed by atoms with van der Waals surface area (Å²) in [6, 6.07) is 1.61. The fourth-order valence-electron chi connectivity index (χ4n) is 1.59. The molecule has 0 saturated carbocycles. The van der Waals surface area contributed by atoms with Crippen LogP contribution in [0.2, 0.25) is 10.0 Å². The van der Waals surface area contributed by atoms with Crippen LogP contribution in [0, 0.1) is 0 Å². The molecule has 0 aliphatic rings. The third-order valence-corrected chi connectivity index (χ3v) is 3.36. The van der Waals surface area contributed by atoms with Gasteiger partial charge in [0.2, 0.25) is 5.95 Å². The quantitative estimate of drug-likeness (QED) is 0.741. The van der Waals surface area contributed by atoms with Gasteiger partial charge in [-0.1, -0.05) is 23.2 Å². The lowest BCUT2D eigenvalue weighted by Crippen LogP contribution is -1.99. The van der Waals surface area contributed by atoms with E-state index in [-0.39, 0.29) is 0 Å². The summed E-state index contributed by atoms with van der Waals surface area (Å²) in [4.78, 5) is 12.4. The summed E-state index contributed by atoms with van der Waals surface area (Å²) in [6.45, 7) is 0. The maximum absolute atomic E-state index is 6.09. The highest BCUT2D eigenvalue weighted by molar-refractivity contribution is 9.10. The van der Waals surface area contributed by atoms with Crippen molar-refractivity contribution < 1.29 is 0 Å². The molecule has 106 valence electrons. The lowest BCUT2D eigenvalue weighted by Gasteiger charge is -2.03. The third kappa shape index (κ3) is 3.31. The molecule has 0 aliphatic carbocycles. The van der Waals surface area contributed by atoms with E-state index in [1.807, 2.05) is 0 Å². The normalized spacial score (nSPS) is 10.6. The van der Waals surface area contributed by atoms with Crippen LogP contribution in [0.1, 0.15) is 0 Å². The first kappa shape index (κ1) is 14.2. The molecule has 21 heavy (non-hydrogen) atoms. The van der Waals surface area contributed by atoms with Gasteiger partial charge in [0.15, 0.2) is 5.82 Å². The predicted molar refractivity (Wildman–Crippen MR) is 84.4 cm³/mol. The molecule has 6 nitrogen and oxygen atoms in total. The van der Waals surface area contributed by atoms with E-state index in [0.29, 0.717) is 27.5 Å². The second-order valence-electron chi connectivity index (χ2n) is 3.98. The zero-order valence-electron chi connectivity index (χ0n) is 10.3. The topological polar surface area (TPSA) is 68.5 Å². The van der Waals surface area contributed by atoms with Crippen LogP contribution < -0.4 is 5.32 Å². The Labute approximate surface area is 138 Å². The SMILES string of the molecule is Clc1cnc(-n2cc(Nc3ncc(Br)cn3)cn2)c(Cl)c1. The van der Waals surface area contributed by atoms with Gasteiger partial charge in [-0.2, -0.15) is 5.10 Å². The van der Waals surface area contributed by atoms with E-state index in [1.165, 1.54) is 6.20 Å². The highest BCUT2D eigenvalue weighted by atomic mass is 79.9. The van der Waals surface area contributed by atoms with Crippen molar-refractivity contribution in [1.29, 1.82) is 0 Å². The Hall–Kier alpha value is -1.70. The van der Waals surface area contributed by atoms with Crippen LogP contribution in [-0.2, 0) is 0 Å². The molecule has 0 bridgehead atoms. The number of hydrogen-bond donors (Lipinski definition) is 1. The molecule has 0 unspecified atom stereocenters. The monoisotopic (exact) mass is 384 g/mol. The van der Waals surface area contributed by atoms with E-state index in [1.54, 1.807) is 35.5 Å². The Balaban J connectivity index is 1.84. The first-order valence-corrected chi connectivity index (χ1v) is 7.27. The van der Waals surface area contributed by atoms with Gasteiger partial charge in [-0.3, -0.25) is 0 Å². The average Bonchev–Trinajstić information content (AvgIpc) is 2.90. The van der Waals surface area contributed by atoms with Crippen molar-refractivity contribution in [3.8, 4) is 5.82 Å². The van der Waals surface area contributed by atoms with Gasteiger partial charge in [-0.05, 0) is 22.0 Å². The molecule has 0 atom stereocenters. The lowest BCUT2D eigenvalue weighted by atomic mass is 10.4. The molecule has 0 amide bonds. The maximum atomic E-state index is 6.09. The zero-order chi connectivity index (χ0) is 14.8. The molecular formula is C12H7BrCl2N6. The van der Waals surface area contributed by atoms with Gasteiger partial charge in [0, 0.05) is 18.6 Å². The number of hydrogen-bond acceptors (Lipinski definition) is 5. The van der Waals surface area contributed by atoms with Crippen molar-refractivity contribution >= 4 is 50.8 Å². The number of nitrogens with zero attached hydrogens (tertiary/aromatic N) is 5. The van der Waals surface area contributed by atoms with Crippen molar-refractivity contribution in [1.82, 2.24) is 24.7 Å². The first-order valence-electron chi connectivity index (χ1n) is 5.72. The van der Waals surface area contributed by atoms with Gasteiger partial charge in [0.05, 0.1) is 32.6 Å². The predicted octanol–water partition coefficient (Wildman–Crippen LogP) is 3.87. The molecule has 9 heteroatoms. The largest absolute Gasteiger partial charge is 0.321 e. The van der Waals surface area contributed by atoms with Crippen LogP contribution in [0.5, 0.6) is 0 Å². The van der Waals surface area contributed by atoms with E-state index < -0.39 is 0 Å². The van der Waals surface area contributed by atoms with Crippen molar-refractivity contribution in [2.24, 2.45) is 0 Å². The number of aromatic nitrogens is 5. The van der Waals surface area contributed by atoms with E-state index in [9.17, 15) is 0 Å². The van der Waals surface area contributed by atoms with E-state index >= 15 is 0 Å². The number of anilines is 2. The van der Waals surface area contributed by atoms with Crippen LogP contribution >= 0.6 is 39.1 Å². The highest BCUT2D eigenvalue weighted by Crippen LogP contribution is 2.22. The minimum atomic E-state index is 0.414. The smallest absolute Gasteiger partial charge is 0.227 e. The minimum Gasteiger partial charge on any atom is -0.321 e. The maximum Gasteiger partial charge on any atom is 0.227 e. The molecule has 3 aromatic rings. The summed E-state index contributed by atoms with van der Waals surface area (Å²) in [5.41, 5.74) is 0.713. The van der Waals surface area contributed by atoms with Gasteiger partial charge in [-0.15, -0.1) is 0 Å². The molecular weight excluding hydrogens is 379 g/mol. The minimum absolute atomic E-state index is 0.414. The Morgan fingerprint density at radius 1 is 1.05 bits per heavy atom. The molecule has 3 rings (SSSR count). The molecule has 3 heterocycles. The second kappa shape index (κ2) is 5.97. The van der Waals surface area contributed by atoms with E-state index in [2.05, 4.69) is 41.3 Å². The number of rotatable bonds is 3. The molecule has 0 radical (unpaired) electrons. The summed E-state index contributed by atoms with van der Waals surface area (Å²) in [6.07, 6.45) is 8.16. The number of halogens is 3. The van der Waals surface area contributed by atoms with Crippen molar-refractivity contribution in [3.05, 3.63) is 51.6 Å². The van der Waals surface area contributed by atoms with Gasteiger partial charge in [-0.25, -0.2) is 19.6 Å². The second-order valence-corrected chi connectivity index (χ2v) is 5.74. The van der Waals surface area contributed by atoms with Crippen LogP contribution in [0.15, 0.2) is 41.5 Å². The highest BCUT2D eigenvalue weighted by Gasteiger charge is 2.08. The van der Waals surface area contributed by atoms with Gasteiger partial charge in [0.1, 0.15) is 0 Å². The molecule has 0 spiro atoms. The van der Waals surface area contributed by atoms with Crippen molar-refractivity contribution in [2.45, 2.75) is 0 Å². The zero-order valence-corrected chi connectivity index (χ0v) is 13.4. The van der Waals surface area contributed by atoms with Crippen molar-refractivity contribution in [2.75, 3.05) is 5.32 Å². The summed E-state index contributed by atoms with van der Waals surface area (Å²) >= 11 is 15.2. The Morgan fingerprint density at radius 2 is 1.81 bits per heavy atom. The Morgan fingerprint density at radius 3 is 2.52 bits per heavy atom. The van der Waals surface area contributed by atoms with E-state index in [0.717, 1.165) is 4.47 Å².